The number of thiazole rings is 1. The van der Waals surface area contributed by atoms with Gasteiger partial charge in [0.2, 0.25) is 0 Å². The summed E-state index contributed by atoms with van der Waals surface area (Å²) in [6, 6.07) is 4.71. The number of anilines is 1. The second-order valence-electron chi connectivity index (χ2n) is 6.47. The van der Waals surface area contributed by atoms with Gasteiger partial charge in [0.15, 0.2) is 22.6 Å². The van der Waals surface area contributed by atoms with Crippen LogP contribution in [0.1, 0.15) is 16.8 Å². The Kier molecular flexibility index (Phi) is 5.95. The van der Waals surface area contributed by atoms with Gasteiger partial charge in [-0.1, -0.05) is 11.3 Å². The Balaban J connectivity index is 1.99. The first kappa shape index (κ1) is 20.2. The van der Waals surface area contributed by atoms with E-state index in [0.29, 0.717) is 13.0 Å². The molecule has 4 nitrogen and oxygen atoms in total. The van der Waals surface area contributed by atoms with Crippen LogP contribution < -0.4 is 4.90 Å². The molecule has 2 aromatic carbocycles. The van der Waals surface area contributed by atoms with E-state index >= 15 is 0 Å². The molecule has 0 aliphatic rings. The molecule has 0 fully saturated rings. The molecule has 0 unspecified atom stereocenters. The summed E-state index contributed by atoms with van der Waals surface area (Å²) in [5, 5.41) is 0.160. The van der Waals surface area contributed by atoms with Crippen molar-refractivity contribution < 1.29 is 22.4 Å². The van der Waals surface area contributed by atoms with Crippen molar-refractivity contribution in [3.05, 3.63) is 59.2 Å². The molecule has 148 valence electrons. The van der Waals surface area contributed by atoms with E-state index in [2.05, 4.69) is 4.98 Å². The summed E-state index contributed by atoms with van der Waals surface area (Å²) in [6.07, 6.45) is 0.565. The van der Waals surface area contributed by atoms with Crippen molar-refractivity contribution in [2.75, 3.05) is 32.1 Å². The Bertz CT molecular complexity index is 1020. The predicted octanol–water partition coefficient (Wildman–Crippen LogP) is 4.45. The first-order valence-corrected chi connectivity index (χ1v) is 9.25. The largest absolute Gasteiger partial charge is 0.309 e. The van der Waals surface area contributed by atoms with Gasteiger partial charge in [-0.2, -0.15) is 0 Å². The first-order valence-electron chi connectivity index (χ1n) is 8.43. The van der Waals surface area contributed by atoms with Crippen LogP contribution in [-0.4, -0.2) is 43.0 Å². The van der Waals surface area contributed by atoms with Gasteiger partial charge in [-0.05, 0) is 51.3 Å². The summed E-state index contributed by atoms with van der Waals surface area (Å²) >= 11 is 0.955. The number of halogens is 4. The van der Waals surface area contributed by atoms with Gasteiger partial charge in [-0.3, -0.25) is 9.69 Å². The number of hydrogen-bond donors (Lipinski definition) is 0. The van der Waals surface area contributed by atoms with E-state index in [0.717, 1.165) is 35.6 Å². The van der Waals surface area contributed by atoms with Gasteiger partial charge >= 0.3 is 0 Å². The average molecular weight is 411 g/mol. The molecular weight excluding hydrogens is 394 g/mol. The lowest BCUT2D eigenvalue weighted by atomic mass is 10.2. The van der Waals surface area contributed by atoms with Crippen LogP contribution in [0.5, 0.6) is 0 Å². The van der Waals surface area contributed by atoms with Crippen LogP contribution >= 0.6 is 11.3 Å². The lowest BCUT2D eigenvalue weighted by Crippen LogP contribution is -2.33. The second-order valence-corrected chi connectivity index (χ2v) is 7.48. The third-order valence-corrected chi connectivity index (χ3v) is 5.06. The van der Waals surface area contributed by atoms with Gasteiger partial charge in [0.1, 0.15) is 11.3 Å². The number of aromatic nitrogens is 1. The number of fused-ring (bicyclic) bond motifs is 1. The third-order valence-electron chi connectivity index (χ3n) is 4.03. The molecule has 9 heteroatoms. The Hall–Kier alpha value is -2.52. The monoisotopic (exact) mass is 411 g/mol. The zero-order valence-corrected chi connectivity index (χ0v) is 16.0. The van der Waals surface area contributed by atoms with E-state index in [4.69, 9.17) is 0 Å². The SMILES string of the molecule is CN(C)CCCN(C(=O)c1ccc(F)c(F)c1)c1nc2c(F)cc(F)cc2s1. The van der Waals surface area contributed by atoms with Crippen LogP contribution in [0, 0.1) is 23.3 Å². The molecule has 3 rings (SSSR count). The standard InChI is InChI=1S/C19H17F4N3OS/c1-25(2)6-3-7-26(18(27)11-4-5-13(21)14(22)8-11)19-24-17-15(23)9-12(20)10-16(17)28-19/h4-5,8-10H,3,6-7H2,1-2H3. The molecule has 0 radical (unpaired) electrons. The molecule has 1 amide bonds. The Morgan fingerprint density at radius 3 is 2.43 bits per heavy atom. The lowest BCUT2D eigenvalue weighted by molar-refractivity contribution is 0.0985. The quantitative estimate of drug-likeness (QED) is 0.563. The number of benzene rings is 2. The maximum atomic E-state index is 14.0. The van der Waals surface area contributed by atoms with Crippen molar-refractivity contribution in [2.45, 2.75) is 6.42 Å². The van der Waals surface area contributed by atoms with E-state index in [1.807, 2.05) is 19.0 Å². The van der Waals surface area contributed by atoms with E-state index in [-0.39, 0.29) is 27.5 Å². The average Bonchev–Trinajstić information content (AvgIpc) is 3.04. The topological polar surface area (TPSA) is 36.4 Å². The number of amides is 1. The minimum atomic E-state index is -1.14. The van der Waals surface area contributed by atoms with Crippen LogP contribution in [0.2, 0.25) is 0 Å². The van der Waals surface area contributed by atoms with E-state index in [1.54, 1.807) is 0 Å². The molecule has 0 atom stereocenters. The molecule has 0 aliphatic carbocycles. The number of carbonyl (C=O) groups is 1. The molecule has 0 N–H and O–H groups in total. The Morgan fingerprint density at radius 1 is 1.00 bits per heavy atom. The maximum Gasteiger partial charge on any atom is 0.260 e. The number of nitrogens with zero attached hydrogens (tertiary/aromatic N) is 3. The first-order chi connectivity index (χ1) is 13.3. The van der Waals surface area contributed by atoms with Gasteiger partial charge < -0.3 is 4.90 Å². The molecular formula is C19H17F4N3OS. The highest BCUT2D eigenvalue weighted by molar-refractivity contribution is 7.22. The number of rotatable bonds is 6. The van der Waals surface area contributed by atoms with Gasteiger partial charge in [0.25, 0.3) is 5.91 Å². The number of hydrogen-bond acceptors (Lipinski definition) is 4. The zero-order chi connectivity index (χ0) is 20.4. The van der Waals surface area contributed by atoms with E-state index in [1.165, 1.54) is 11.0 Å². The van der Waals surface area contributed by atoms with Crippen molar-refractivity contribution in [3.8, 4) is 0 Å². The highest BCUT2D eigenvalue weighted by atomic mass is 32.1. The molecule has 1 heterocycles. The molecule has 28 heavy (non-hydrogen) atoms. The Morgan fingerprint density at radius 2 is 1.75 bits per heavy atom. The number of carbonyl (C=O) groups excluding carboxylic acids is 1. The fraction of sp³-hybridized carbons (Fsp3) is 0.263. The van der Waals surface area contributed by atoms with Crippen LogP contribution in [0.15, 0.2) is 30.3 Å². The third kappa shape index (κ3) is 4.31. The molecule has 0 saturated carbocycles. The van der Waals surface area contributed by atoms with Gasteiger partial charge in [0, 0.05) is 18.2 Å². The Labute approximate surface area is 163 Å². The van der Waals surface area contributed by atoms with Crippen molar-refractivity contribution in [2.24, 2.45) is 0 Å². The summed E-state index contributed by atoms with van der Waals surface area (Å²) in [5.74, 6) is -4.38. The van der Waals surface area contributed by atoms with Crippen LogP contribution in [0.25, 0.3) is 10.2 Å². The summed E-state index contributed by atoms with van der Waals surface area (Å²) in [6.45, 7) is 0.884. The van der Waals surface area contributed by atoms with Crippen molar-refractivity contribution in [1.29, 1.82) is 0 Å². The summed E-state index contributed by atoms with van der Waals surface area (Å²) in [7, 11) is 3.74. The van der Waals surface area contributed by atoms with Crippen LogP contribution in [-0.2, 0) is 0 Å². The van der Waals surface area contributed by atoms with E-state index < -0.39 is 29.2 Å². The molecule has 3 aromatic rings. The maximum absolute atomic E-state index is 14.0. The van der Waals surface area contributed by atoms with Crippen molar-refractivity contribution >= 4 is 32.6 Å². The predicted molar refractivity (Wildman–Crippen MR) is 101 cm³/mol. The van der Waals surface area contributed by atoms with Crippen molar-refractivity contribution in [3.63, 3.8) is 0 Å². The summed E-state index contributed by atoms with van der Waals surface area (Å²) < 4.78 is 54.5. The minimum Gasteiger partial charge on any atom is -0.309 e. The van der Waals surface area contributed by atoms with Gasteiger partial charge in [-0.15, -0.1) is 0 Å². The highest BCUT2D eigenvalue weighted by Gasteiger charge is 2.23. The van der Waals surface area contributed by atoms with Crippen LogP contribution in [0.4, 0.5) is 22.7 Å². The lowest BCUT2D eigenvalue weighted by Gasteiger charge is -2.21. The molecule has 1 aromatic heterocycles. The molecule has 0 aliphatic heterocycles. The van der Waals surface area contributed by atoms with Gasteiger partial charge in [0.05, 0.1) is 4.70 Å². The second kappa shape index (κ2) is 8.24. The fourth-order valence-electron chi connectivity index (χ4n) is 2.68. The molecule has 0 bridgehead atoms. The molecule has 0 saturated heterocycles. The normalized spacial score (nSPS) is 11.4. The van der Waals surface area contributed by atoms with E-state index in [9.17, 15) is 22.4 Å². The highest BCUT2D eigenvalue weighted by Crippen LogP contribution is 2.32. The summed E-state index contributed by atoms with van der Waals surface area (Å²) in [4.78, 5) is 20.3. The van der Waals surface area contributed by atoms with Gasteiger partial charge in [-0.25, -0.2) is 22.5 Å². The summed E-state index contributed by atoms with van der Waals surface area (Å²) in [5.41, 5.74) is -0.105. The zero-order valence-electron chi connectivity index (χ0n) is 15.2. The van der Waals surface area contributed by atoms with Crippen molar-refractivity contribution in [1.82, 2.24) is 9.88 Å². The fourth-order valence-corrected chi connectivity index (χ4v) is 3.70. The smallest absolute Gasteiger partial charge is 0.260 e. The molecule has 0 spiro atoms. The minimum absolute atomic E-state index is 0.0444. The van der Waals surface area contributed by atoms with Crippen LogP contribution in [0.3, 0.4) is 0 Å².